The van der Waals surface area contributed by atoms with Gasteiger partial charge < -0.3 is 10.6 Å². The molecule has 1 aliphatic heterocycles. The van der Waals surface area contributed by atoms with E-state index in [2.05, 4.69) is 48.8 Å². The lowest BCUT2D eigenvalue weighted by molar-refractivity contribution is 0.257. The van der Waals surface area contributed by atoms with Crippen LogP contribution in [0.5, 0.6) is 0 Å². The molecule has 2 N–H and O–H groups in total. The highest BCUT2D eigenvalue weighted by Crippen LogP contribution is 2.31. The number of aromatic nitrogens is 3. The van der Waals surface area contributed by atoms with Gasteiger partial charge in [0.2, 0.25) is 5.95 Å². The molecule has 0 radical (unpaired) electrons. The van der Waals surface area contributed by atoms with E-state index in [4.69, 9.17) is 5.73 Å². The van der Waals surface area contributed by atoms with E-state index in [1.54, 1.807) is 0 Å². The molecule has 2 aromatic heterocycles. The van der Waals surface area contributed by atoms with E-state index in [0.29, 0.717) is 0 Å². The van der Waals surface area contributed by atoms with Crippen molar-refractivity contribution in [1.29, 1.82) is 0 Å². The topological polar surface area (TPSA) is 59.5 Å². The molecule has 0 atom stereocenters. The largest absolute Gasteiger partial charge is 0.342 e. The van der Waals surface area contributed by atoms with E-state index < -0.39 is 0 Å². The van der Waals surface area contributed by atoms with Gasteiger partial charge in [0.1, 0.15) is 0 Å². The second kappa shape index (κ2) is 4.90. The Hall–Kier alpha value is -0.890. The first-order valence-corrected chi connectivity index (χ1v) is 7.63. The number of hydrogen-bond acceptors (Lipinski definition) is 4. The summed E-state index contributed by atoms with van der Waals surface area (Å²) in [6, 6.07) is 0. The molecule has 0 saturated carbocycles. The van der Waals surface area contributed by atoms with Gasteiger partial charge in [-0.3, -0.25) is 4.40 Å². The summed E-state index contributed by atoms with van der Waals surface area (Å²) in [6.07, 6.45) is 7.95. The molecular formula is C13H18IN5. The lowest BCUT2D eigenvalue weighted by atomic mass is 9.81. The van der Waals surface area contributed by atoms with Crippen LogP contribution in [0.1, 0.15) is 19.8 Å². The molecule has 102 valence electrons. The lowest BCUT2D eigenvalue weighted by Crippen LogP contribution is -2.43. The summed E-state index contributed by atoms with van der Waals surface area (Å²) >= 11 is 2.27. The number of rotatable bonds is 2. The van der Waals surface area contributed by atoms with Crippen LogP contribution in [0, 0.1) is 8.99 Å². The van der Waals surface area contributed by atoms with Crippen molar-refractivity contribution in [1.82, 2.24) is 14.4 Å². The molecule has 1 saturated heterocycles. The Morgan fingerprint density at radius 2 is 2.11 bits per heavy atom. The summed E-state index contributed by atoms with van der Waals surface area (Å²) in [4.78, 5) is 11.3. The van der Waals surface area contributed by atoms with Crippen LogP contribution >= 0.6 is 22.6 Å². The maximum atomic E-state index is 5.87. The molecule has 3 heterocycles. The predicted molar refractivity (Wildman–Crippen MR) is 84.3 cm³/mol. The summed E-state index contributed by atoms with van der Waals surface area (Å²) in [5, 5.41) is 0. The van der Waals surface area contributed by atoms with Crippen LogP contribution in [0.25, 0.3) is 5.65 Å². The zero-order valence-corrected chi connectivity index (χ0v) is 13.2. The van der Waals surface area contributed by atoms with Crippen molar-refractivity contribution in [2.24, 2.45) is 11.1 Å². The Bertz CT molecular complexity index is 586. The van der Waals surface area contributed by atoms with Gasteiger partial charge in [-0.2, -0.15) is 0 Å². The number of anilines is 1. The SMILES string of the molecule is CC1(CN)CCN(c2ncc(I)c3nccn23)CC1. The zero-order chi connectivity index (χ0) is 13.5. The molecule has 3 rings (SSSR count). The number of hydrogen-bond donors (Lipinski definition) is 1. The fourth-order valence-electron chi connectivity index (χ4n) is 2.56. The number of nitrogens with two attached hydrogens (primary N) is 1. The average Bonchev–Trinajstić information content (AvgIpc) is 2.91. The monoisotopic (exact) mass is 371 g/mol. The standard InChI is InChI=1S/C13H18IN5/c1-13(9-15)2-5-18(6-3-13)12-17-8-10(14)11-16-4-7-19(11)12/h4,7-8H,2-3,5-6,9,15H2,1H3. The number of halogens is 1. The van der Waals surface area contributed by atoms with E-state index >= 15 is 0 Å². The molecule has 0 bridgehead atoms. The highest BCUT2D eigenvalue weighted by atomic mass is 127. The van der Waals surface area contributed by atoms with Gasteiger partial charge in [-0.05, 0) is 47.4 Å². The molecule has 0 aliphatic carbocycles. The smallest absolute Gasteiger partial charge is 0.211 e. The minimum absolute atomic E-state index is 0.285. The van der Waals surface area contributed by atoms with Crippen molar-refractivity contribution < 1.29 is 0 Å². The summed E-state index contributed by atoms with van der Waals surface area (Å²) in [6.45, 7) is 5.06. The first kappa shape index (κ1) is 13.1. The molecule has 2 aromatic rings. The number of nitrogens with zero attached hydrogens (tertiary/aromatic N) is 4. The van der Waals surface area contributed by atoms with Crippen LogP contribution in [0.15, 0.2) is 18.6 Å². The maximum Gasteiger partial charge on any atom is 0.211 e. The van der Waals surface area contributed by atoms with Gasteiger partial charge in [0, 0.05) is 31.7 Å². The minimum Gasteiger partial charge on any atom is -0.342 e. The summed E-state index contributed by atoms with van der Waals surface area (Å²) in [5.41, 5.74) is 7.13. The lowest BCUT2D eigenvalue weighted by Gasteiger charge is -2.39. The van der Waals surface area contributed by atoms with Crippen LogP contribution in [0.2, 0.25) is 0 Å². The molecule has 5 nitrogen and oxygen atoms in total. The molecule has 19 heavy (non-hydrogen) atoms. The number of fused-ring (bicyclic) bond motifs is 1. The van der Waals surface area contributed by atoms with Crippen LogP contribution in [-0.2, 0) is 0 Å². The van der Waals surface area contributed by atoms with Crippen molar-refractivity contribution in [3.05, 3.63) is 22.2 Å². The van der Waals surface area contributed by atoms with Crippen molar-refractivity contribution in [3.63, 3.8) is 0 Å². The maximum absolute atomic E-state index is 5.87. The van der Waals surface area contributed by atoms with Gasteiger partial charge in [-0.15, -0.1) is 0 Å². The first-order valence-electron chi connectivity index (χ1n) is 6.55. The van der Waals surface area contributed by atoms with Crippen LogP contribution < -0.4 is 10.6 Å². The molecule has 1 fully saturated rings. The molecule has 0 unspecified atom stereocenters. The molecule has 6 heteroatoms. The van der Waals surface area contributed by atoms with Crippen LogP contribution in [0.4, 0.5) is 5.95 Å². The van der Waals surface area contributed by atoms with Gasteiger partial charge in [-0.1, -0.05) is 6.92 Å². The third-order valence-electron chi connectivity index (χ3n) is 4.11. The van der Waals surface area contributed by atoms with E-state index in [-0.39, 0.29) is 5.41 Å². The molecule has 1 aliphatic rings. The first-order chi connectivity index (χ1) is 9.13. The van der Waals surface area contributed by atoms with Gasteiger partial charge >= 0.3 is 0 Å². The Labute approximate surface area is 126 Å². The molecule has 0 aromatic carbocycles. The van der Waals surface area contributed by atoms with Gasteiger partial charge in [0.05, 0.1) is 3.57 Å². The third-order valence-corrected chi connectivity index (χ3v) is 4.87. The molecule has 0 amide bonds. The van der Waals surface area contributed by atoms with E-state index in [1.165, 1.54) is 0 Å². The zero-order valence-electron chi connectivity index (χ0n) is 11.0. The highest BCUT2D eigenvalue weighted by Gasteiger charge is 2.30. The van der Waals surface area contributed by atoms with Gasteiger partial charge in [-0.25, -0.2) is 9.97 Å². The van der Waals surface area contributed by atoms with Crippen molar-refractivity contribution in [2.45, 2.75) is 19.8 Å². The number of piperidine rings is 1. The molecule has 0 spiro atoms. The van der Waals surface area contributed by atoms with Gasteiger partial charge in [0.25, 0.3) is 0 Å². The summed E-state index contributed by atoms with van der Waals surface area (Å²) < 4.78 is 3.16. The minimum atomic E-state index is 0.285. The average molecular weight is 371 g/mol. The Kier molecular flexibility index (Phi) is 3.38. The van der Waals surface area contributed by atoms with Crippen LogP contribution in [-0.4, -0.2) is 34.0 Å². The summed E-state index contributed by atoms with van der Waals surface area (Å²) in [5.74, 6) is 0.993. The van der Waals surface area contributed by atoms with E-state index in [1.807, 2.05) is 18.6 Å². The summed E-state index contributed by atoms with van der Waals surface area (Å²) in [7, 11) is 0. The van der Waals surface area contributed by atoms with E-state index in [9.17, 15) is 0 Å². The second-order valence-electron chi connectivity index (χ2n) is 5.53. The van der Waals surface area contributed by atoms with Crippen LogP contribution in [0.3, 0.4) is 0 Å². The predicted octanol–water partition coefficient (Wildman–Crippen LogP) is 1.90. The Morgan fingerprint density at radius 1 is 1.37 bits per heavy atom. The quantitative estimate of drug-likeness (QED) is 0.820. The van der Waals surface area contributed by atoms with E-state index in [0.717, 1.165) is 47.6 Å². The Balaban J connectivity index is 1.90. The van der Waals surface area contributed by atoms with Crippen molar-refractivity contribution in [2.75, 3.05) is 24.5 Å². The van der Waals surface area contributed by atoms with Crippen molar-refractivity contribution in [3.8, 4) is 0 Å². The fraction of sp³-hybridized carbons (Fsp3) is 0.538. The van der Waals surface area contributed by atoms with Gasteiger partial charge in [0.15, 0.2) is 5.65 Å². The third kappa shape index (κ3) is 2.31. The normalized spacial score (nSPS) is 19.0. The second-order valence-corrected chi connectivity index (χ2v) is 6.69. The number of imidazole rings is 1. The molecular weight excluding hydrogens is 353 g/mol. The fourth-order valence-corrected chi connectivity index (χ4v) is 3.10. The highest BCUT2D eigenvalue weighted by molar-refractivity contribution is 14.1. The van der Waals surface area contributed by atoms with Crippen molar-refractivity contribution >= 4 is 34.2 Å². The Morgan fingerprint density at radius 3 is 2.79 bits per heavy atom.